The summed E-state index contributed by atoms with van der Waals surface area (Å²) in [5.41, 5.74) is 2.33. The molecule has 0 bridgehead atoms. The van der Waals surface area contributed by atoms with Gasteiger partial charge in [-0.05, 0) is 12.5 Å². The molecular formula is C12H14O2. The molecule has 2 nitrogen and oxygen atoms in total. The van der Waals surface area contributed by atoms with Gasteiger partial charge in [0.15, 0.2) is 0 Å². The summed E-state index contributed by atoms with van der Waals surface area (Å²) in [6, 6.07) is 8.16. The monoisotopic (exact) mass is 190 g/mol. The van der Waals surface area contributed by atoms with Gasteiger partial charge < -0.3 is 4.74 Å². The van der Waals surface area contributed by atoms with E-state index in [0.29, 0.717) is 0 Å². The summed E-state index contributed by atoms with van der Waals surface area (Å²) in [6.07, 6.45) is 0.778. The Hall–Kier alpha value is -1.31. The van der Waals surface area contributed by atoms with Gasteiger partial charge in [-0.2, -0.15) is 0 Å². The van der Waals surface area contributed by atoms with E-state index in [9.17, 15) is 4.79 Å². The molecule has 1 aliphatic rings. The number of hydrogen-bond donors (Lipinski definition) is 0. The largest absolute Gasteiger partial charge is 0.457 e. The van der Waals surface area contributed by atoms with Crippen LogP contribution in [0.4, 0.5) is 0 Å². The number of aryl methyl sites for hydroxylation is 1. The topological polar surface area (TPSA) is 26.3 Å². The zero-order valence-electron chi connectivity index (χ0n) is 8.49. The molecule has 2 heteroatoms. The van der Waals surface area contributed by atoms with Gasteiger partial charge in [0.05, 0.1) is 5.92 Å². The number of carbonyl (C=O) groups is 1. The predicted octanol–water partition coefficient (Wildman–Crippen LogP) is 2.62. The quantitative estimate of drug-likeness (QED) is 0.636. The minimum absolute atomic E-state index is 0.0295. The Morgan fingerprint density at radius 3 is 2.43 bits per heavy atom. The summed E-state index contributed by atoms with van der Waals surface area (Å²) in [6.45, 7) is 3.96. The van der Waals surface area contributed by atoms with E-state index in [4.69, 9.17) is 4.74 Å². The average Bonchev–Trinajstić information content (AvgIpc) is 2.48. The van der Waals surface area contributed by atoms with E-state index >= 15 is 0 Å². The van der Waals surface area contributed by atoms with Gasteiger partial charge in [0.1, 0.15) is 6.10 Å². The van der Waals surface area contributed by atoms with Gasteiger partial charge in [0.2, 0.25) is 0 Å². The first kappa shape index (κ1) is 9.25. The summed E-state index contributed by atoms with van der Waals surface area (Å²) in [4.78, 5) is 11.2. The van der Waals surface area contributed by atoms with Gasteiger partial charge in [0.25, 0.3) is 0 Å². The zero-order valence-corrected chi connectivity index (χ0v) is 8.49. The van der Waals surface area contributed by atoms with Crippen molar-refractivity contribution in [2.24, 2.45) is 5.92 Å². The molecule has 2 atom stereocenters. The van der Waals surface area contributed by atoms with Crippen LogP contribution in [0.15, 0.2) is 24.3 Å². The first-order valence-electron chi connectivity index (χ1n) is 4.94. The summed E-state index contributed by atoms with van der Waals surface area (Å²) in [7, 11) is 0. The fourth-order valence-corrected chi connectivity index (χ4v) is 1.71. The number of benzene rings is 1. The molecule has 1 heterocycles. The lowest BCUT2D eigenvalue weighted by Gasteiger charge is -2.08. The second-order valence-corrected chi connectivity index (χ2v) is 3.97. The third kappa shape index (κ3) is 1.65. The van der Waals surface area contributed by atoms with Crippen LogP contribution in [0.3, 0.4) is 0 Å². The van der Waals surface area contributed by atoms with Crippen molar-refractivity contribution in [3.63, 3.8) is 0 Å². The molecule has 14 heavy (non-hydrogen) atoms. The van der Waals surface area contributed by atoms with Gasteiger partial charge in [-0.25, -0.2) is 0 Å². The molecule has 1 aromatic rings. The van der Waals surface area contributed by atoms with Crippen LogP contribution in [-0.2, 0) is 9.53 Å². The van der Waals surface area contributed by atoms with Crippen molar-refractivity contribution in [3.8, 4) is 0 Å². The smallest absolute Gasteiger partial charge is 0.309 e. The summed E-state index contributed by atoms with van der Waals surface area (Å²) in [5, 5.41) is 0. The van der Waals surface area contributed by atoms with Crippen LogP contribution in [0.5, 0.6) is 0 Å². The normalized spacial score (nSPS) is 26.3. The van der Waals surface area contributed by atoms with Crippen molar-refractivity contribution in [2.75, 3.05) is 0 Å². The SMILES string of the molecule is Cc1ccc([C@@H]2C[C@@H](C)C(=O)O2)cc1. The van der Waals surface area contributed by atoms with Crippen LogP contribution in [0.25, 0.3) is 0 Å². The van der Waals surface area contributed by atoms with Crippen molar-refractivity contribution < 1.29 is 9.53 Å². The molecule has 0 aromatic heterocycles. The lowest BCUT2D eigenvalue weighted by atomic mass is 10.0. The predicted molar refractivity (Wildman–Crippen MR) is 53.8 cm³/mol. The standard InChI is InChI=1S/C12H14O2/c1-8-3-5-10(6-4-8)11-7-9(2)12(13)14-11/h3-6,9,11H,7H2,1-2H3/t9-,11+/m1/s1. The molecule has 0 radical (unpaired) electrons. The first-order chi connectivity index (χ1) is 6.66. The van der Waals surface area contributed by atoms with Crippen molar-refractivity contribution in [1.29, 1.82) is 0 Å². The second-order valence-electron chi connectivity index (χ2n) is 3.97. The van der Waals surface area contributed by atoms with E-state index in [1.807, 2.05) is 38.1 Å². The Morgan fingerprint density at radius 2 is 1.93 bits per heavy atom. The molecule has 0 unspecified atom stereocenters. The van der Waals surface area contributed by atoms with Crippen LogP contribution < -0.4 is 0 Å². The fraction of sp³-hybridized carbons (Fsp3) is 0.417. The molecule has 74 valence electrons. The number of cyclic esters (lactones) is 1. The van der Waals surface area contributed by atoms with E-state index in [2.05, 4.69) is 0 Å². The number of carbonyl (C=O) groups excluding carboxylic acids is 1. The van der Waals surface area contributed by atoms with E-state index in [1.54, 1.807) is 0 Å². The summed E-state index contributed by atoms with van der Waals surface area (Å²) in [5.74, 6) is -0.0307. The van der Waals surface area contributed by atoms with Gasteiger partial charge in [0, 0.05) is 6.42 Å². The van der Waals surface area contributed by atoms with E-state index in [1.165, 1.54) is 5.56 Å². The Balaban J connectivity index is 2.17. The molecule has 1 fully saturated rings. The van der Waals surface area contributed by atoms with Crippen LogP contribution in [-0.4, -0.2) is 5.97 Å². The lowest BCUT2D eigenvalue weighted by Crippen LogP contribution is -2.01. The third-order valence-electron chi connectivity index (χ3n) is 2.68. The molecule has 0 saturated carbocycles. The molecule has 0 amide bonds. The van der Waals surface area contributed by atoms with Crippen molar-refractivity contribution >= 4 is 5.97 Å². The molecule has 1 aliphatic heterocycles. The van der Waals surface area contributed by atoms with E-state index in [-0.39, 0.29) is 18.0 Å². The van der Waals surface area contributed by atoms with Crippen LogP contribution in [0.2, 0.25) is 0 Å². The third-order valence-corrected chi connectivity index (χ3v) is 2.68. The molecule has 0 spiro atoms. The molecular weight excluding hydrogens is 176 g/mol. The van der Waals surface area contributed by atoms with Gasteiger partial charge in [-0.1, -0.05) is 36.8 Å². The Morgan fingerprint density at radius 1 is 1.29 bits per heavy atom. The number of esters is 1. The van der Waals surface area contributed by atoms with E-state index in [0.717, 1.165) is 12.0 Å². The fourth-order valence-electron chi connectivity index (χ4n) is 1.71. The Kier molecular flexibility index (Phi) is 2.28. The van der Waals surface area contributed by atoms with Gasteiger partial charge in [-0.15, -0.1) is 0 Å². The number of ether oxygens (including phenoxy) is 1. The maximum absolute atomic E-state index is 11.2. The highest BCUT2D eigenvalue weighted by Crippen LogP contribution is 2.32. The summed E-state index contributed by atoms with van der Waals surface area (Å²) < 4.78 is 5.26. The van der Waals surface area contributed by atoms with Crippen LogP contribution in [0, 0.1) is 12.8 Å². The zero-order chi connectivity index (χ0) is 10.1. The molecule has 1 aromatic carbocycles. The van der Waals surface area contributed by atoms with Crippen LogP contribution in [0.1, 0.15) is 30.6 Å². The molecule has 0 aliphatic carbocycles. The highest BCUT2D eigenvalue weighted by Gasteiger charge is 2.31. The summed E-state index contributed by atoms with van der Waals surface area (Å²) >= 11 is 0. The van der Waals surface area contributed by atoms with Gasteiger partial charge in [-0.3, -0.25) is 4.79 Å². The number of rotatable bonds is 1. The molecule has 0 N–H and O–H groups in total. The second kappa shape index (κ2) is 3.45. The Bertz CT molecular complexity index is 340. The highest BCUT2D eigenvalue weighted by atomic mass is 16.5. The average molecular weight is 190 g/mol. The Labute approximate surface area is 83.9 Å². The molecule has 2 rings (SSSR count). The van der Waals surface area contributed by atoms with Crippen molar-refractivity contribution in [2.45, 2.75) is 26.4 Å². The highest BCUT2D eigenvalue weighted by molar-refractivity contribution is 5.74. The lowest BCUT2D eigenvalue weighted by molar-refractivity contribution is -0.144. The van der Waals surface area contributed by atoms with E-state index < -0.39 is 0 Å². The van der Waals surface area contributed by atoms with Crippen molar-refractivity contribution in [1.82, 2.24) is 0 Å². The first-order valence-corrected chi connectivity index (χ1v) is 4.94. The van der Waals surface area contributed by atoms with Crippen LogP contribution >= 0.6 is 0 Å². The minimum atomic E-state index is -0.0735. The van der Waals surface area contributed by atoms with Gasteiger partial charge >= 0.3 is 5.97 Å². The minimum Gasteiger partial charge on any atom is -0.457 e. The van der Waals surface area contributed by atoms with Crippen molar-refractivity contribution in [3.05, 3.63) is 35.4 Å². The maximum Gasteiger partial charge on any atom is 0.309 e. The maximum atomic E-state index is 11.2. The molecule has 1 saturated heterocycles. The number of hydrogen-bond acceptors (Lipinski definition) is 2.